The minimum absolute atomic E-state index is 0.0207. The number of aryl methyl sites for hydroxylation is 1. The molecule has 4 nitrogen and oxygen atoms in total. The summed E-state index contributed by atoms with van der Waals surface area (Å²) in [7, 11) is 1.83. The fourth-order valence-electron chi connectivity index (χ4n) is 2.03. The van der Waals surface area contributed by atoms with Crippen LogP contribution in [0.25, 0.3) is 22.2 Å². The number of pyridine rings is 1. The Kier molecular flexibility index (Phi) is 2.99. The van der Waals surface area contributed by atoms with E-state index in [1.54, 1.807) is 29.2 Å². The van der Waals surface area contributed by atoms with Crippen LogP contribution in [0.1, 0.15) is 5.56 Å². The van der Waals surface area contributed by atoms with Crippen LogP contribution in [-0.4, -0.2) is 14.8 Å². The molecule has 1 aromatic carbocycles. The van der Waals surface area contributed by atoms with Gasteiger partial charge in [0.1, 0.15) is 11.9 Å². The lowest BCUT2D eigenvalue weighted by molar-refractivity contribution is 0.624. The molecule has 0 atom stereocenters. The number of benzene rings is 1. The average Bonchev–Trinajstić information content (AvgIpc) is 2.82. The summed E-state index contributed by atoms with van der Waals surface area (Å²) in [6, 6.07) is 6.24. The largest absolute Gasteiger partial charge is 0.266 e. The molecule has 0 amide bonds. The molecule has 98 valence electrons. The minimum atomic E-state index is -0.551. The fraction of sp³-hybridized carbons (Fsp3) is 0.0714. The number of nitriles is 1. The van der Waals surface area contributed by atoms with Gasteiger partial charge >= 0.3 is 0 Å². The second-order valence-corrected chi connectivity index (χ2v) is 5.09. The van der Waals surface area contributed by atoms with E-state index in [0.717, 1.165) is 15.4 Å². The summed E-state index contributed by atoms with van der Waals surface area (Å²) in [5.41, 5.74) is 2.13. The Morgan fingerprint density at radius 2 is 2.15 bits per heavy atom. The zero-order valence-electron chi connectivity index (χ0n) is 10.4. The zero-order chi connectivity index (χ0) is 14.3. The Balaban J connectivity index is 2.22. The standard InChI is InChI=1S/C14H8BrFN4/c1-20-12-7-18-14(13(15)10(12)6-19-20)8-2-3-9(5-17)11(16)4-8/h2-4,6-7H,1H3. The number of rotatable bonds is 1. The van der Waals surface area contributed by atoms with Gasteiger partial charge in [0.25, 0.3) is 0 Å². The lowest BCUT2D eigenvalue weighted by Gasteiger charge is -2.06. The Hall–Kier alpha value is -2.26. The van der Waals surface area contributed by atoms with Gasteiger partial charge in [0, 0.05) is 18.0 Å². The smallest absolute Gasteiger partial charge is 0.141 e. The molecule has 20 heavy (non-hydrogen) atoms. The van der Waals surface area contributed by atoms with Gasteiger partial charge in [-0.3, -0.25) is 9.67 Å². The van der Waals surface area contributed by atoms with Crippen molar-refractivity contribution in [1.29, 1.82) is 5.26 Å². The third-order valence-electron chi connectivity index (χ3n) is 3.11. The van der Waals surface area contributed by atoms with Crippen LogP contribution in [0, 0.1) is 17.1 Å². The van der Waals surface area contributed by atoms with Crippen LogP contribution in [0.4, 0.5) is 4.39 Å². The number of aromatic nitrogens is 3. The topological polar surface area (TPSA) is 54.5 Å². The first kappa shape index (κ1) is 12.8. The predicted octanol–water partition coefficient (Wildman–Crippen LogP) is 3.41. The first-order chi connectivity index (χ1) is 9.61. The SMILES string of the molecule is Cn1ncc2c(Br)c(-c3ccc(C#N)c(F)c3)ncc21. The van der Waals surface area contributed by atoms with Gasteiger partial charge in [-0.2, -0.15) is 10.4 Å². The second kappa shape index (κ2) is 4.69. The third-order valence-corrected chi connectivity index (χ3v) is 3.91. The monoisotopic (exact) mass is 330 g/mol. The van der Waals surface area contributed by atoms with Gasteiger partial charge in [-0.15, -0.1) is 0 Å². The van der Waals surface area contributed by atoms with Gasteiger partial charge in [0.15, 0.2) is 0 Å². The summed E-state index contributed by atoms with van der Waals surface area (Å²) in [5.74, 6) is -0.551. The number of fused-ring (bicyclic) bond motifs is 1. The predicted molar refractivity (Wildman–Crippen MR) is 76.3 cm³/mol. The number of hydrogen-bond donors (Lipinski definition) is 0. The maximum absolute atomic E-state index is 13.7. The van der Waals surface area contributed by atoms with E-state index < -0.39 is 5.82 Å². The van der Waals surface area contributed by atoms with Gasteiger partial charge in [-0.1, -0.05) is 6.07 Å². The molecule has 0 spiro atoms. The first-order valence-corrected chi connectivity index (χ1v) is 6.57. The molecule has 0 bridgehead atoms. The second-order valence-electron chi connectivity index (χ2n) is 4.29. The molecule has 0 aliphatic carbocycles. The Morgan fingerprint density at radius 1 is 1.35 bits per heavy atom. The van der Waals surface area contributed by atoms with Crippen LogP contribution >= 0.6 is 15.9 Å². The fourth-order valence-corrected chi connectivity index (χ4v) is 2.67. The molecule has 3 rings (SSSR count). The maximum atomic E-state index is 13.7. The molecular weight excluding hydrogens is 323 g/mol. The highest BCUT2D eigenvalue weighted by Gasteiger charge is 2.13. The molecule has 0 radical (unpaired) electrons. The summed E-state index contributed by atoms with van der Waals surface area (Å²) in [4.78, 5) is 4.35. The van der Waals surface area contributed by atoms with E-state index >= 15 is 0 Å². The van der Waals surface area contributed by atoms with Crippen LogP contribution < -0.4 is 0 Å². The van der Waals surface area contributed by atoms with E-state index in [9.17, 15) is 4.39 Å². The summed E-state index contributed by atoms with van der Waals surface area (Å²) in [5, 5.41) is 13.8. The molecule has 0 aliphatic rings. The molecule has 0 unspecified atom stereocenters. The van der Waals surface area contributed by atoms with Crippen molar-refractivity contribution in [3.05, 3.63) is 46.4 Å². The molecule has 0 fully saturated rings. The van der Waals surface area contributed by atoms with E-state index in [-0.39, 0.29) is 5.56 Å². The van der Waals surface area contributed by atoms with Crippen LogP contribution in [0.3, 0.4) is 0 Å². The van der Waals surface area contributed by atoms with Crippen molar-refractivity contribution in [3.8, 4) is 17.3 Å². The van der Waals surface area contributed by atoms with E-state index in [1.165, 1.54) is 12.1 Å². The van der Waals surface area contributed by atoms with Crippen LogP contribution in [0.15, 0.2) is 35.1 Å². The van der Waals surface area contributed by atoms with E-state index in [4.69, 9.17) is 5.26 Å². The van der Waals surface area contributed by atoms with Crippen molar-refractivity contribution in [2.45, 2.75) is 0 Å². The summed E-state index contributed by atoms with van der Waals surface area (Å²) >= 11 is 3.49. The molecule has 2 heterocycles. The molecule has 0 saturated heterocycles. The van der Waals surface area contributed by atoms with Crippen molar-refractivity contribution >= 4 is 26.8 Å². The van der Waals surface area contributed by atoms with Crippen LogP contribution in [0.5, 0.6) is 0 Å². The minimum Gasteiger partial charge on any atom is -0.266 e. The van der Waals surface area contributed by atoms with Gasteiger partial charge in [-0.05, 0) is 28.1 Å². The normalized spacial score (nSPS) is 10.7. The van der Waals surface area contributed by atoms with E-state index in [1.807, 2.05) is 7.05 Å². The van der Waals surface area contributed by atoms with E-state index in [2.05, 4.69) is 26.0 Å². The molecule has 0 N–H and O–H groups in total. The molecule has 2 aromatic heterocycles. The van der Waals surface area contributed by atoms with Crippen molar-refractivity contribution in [3.63, 3.8) is 0 Å². The highest BCUT2D eigenvalue weighted by molar-refractivity contribution is 9.10. The molecule has 0 aliphatic heterocycles. The lowest BCUT2D eigenvalue weighted by atomic mass is 10.1. The Bertz CT molecular complexity index is 863. The molecule has 3 aromatic rings. The van der Waals surface area contributed by atoms with Crippen LogP contribution in [-0.2, 0) is 7.05 Å². The highest BCUT2D eigenvalue weighted by atomic mass is 79.9. The highest BCUT2D eigenvalue weighted by Crippen LogP contribution is 2.32. The lowest BCUT2D eigenvalue weighted by Crippen LogP contribution is -1.92. The Morgan fingerprint density at radius 3 is 2.85 bits per heavy atom. The van der Waals surface area contributed by atoms with Gasteiger partial charge in [0.2, 0.25) is 0 Å². The maximum Gasteiger partial charge on any atom is 0.141 e. The summed E-state index contributed by atoms with van der Waals surface area (Å²) in [6.45, 7) is 0. The summed E-state index contributed by atoms with van der Waals surface area (Å²) in [6.07, 6.45) is 3.42. The number of nitrogens with zero attached hydrogens (tertiary/aromatic N) is 4. The first-order valence-electron chi connectivity index (χ1n) is 5.78. The van der Waals surface area contributed by atoms with Crippen molar-refractivity contribution in [2.24, 2.45) is 7.05 Å². The third kappa shape index (κ3) is 1.87. The van der Waals surface area contributed by atoms with Crippen LogP contribution in [0.2, 0.25) is 0 Å². The Labute approximate surface area is 122 Å². The van der Waals surface area contributed by atoms with Crippen molar-refractivity contribution < 1.29 is 4.39 Å². The van der Waals surface area contributed by atoms with Crippen molar-refractivity contribution in [2.75, 3.05) is 0 Å². The average molecular weight is 331 g/mol. The zero-order valence-corrected chi connectivity index (χ0v) is 12.0. The number of hydrogen-bond acceptors (Lipinski definition) is 3. The number of halogens is 2. The van der Waals surface area contributed by atoms with Gasteiger partial charge in [-0.25, -0.2) is 4.39 Å². The van der Waals surface area contributed by atoms with Gasteiger partial charge in [0.05, 0.1) is 33.6 Å². The van der Waals surface area contributed by atoms with Gasteiger partial charge < -0.3 is 0 Å². The molecule has 6 heteroatoms. The van der Waals surface area contributed by atoms with E-state index in [0.29, 0.717) is 11.3 Å². The summed E-state index contributed by atoms with van der Waals surface area (Å²) < 4.78 is 16.2. The molecule has 0 saturated carbocycles. The van der Waals surface area contributed by atoms with Crippen molar-refractivity contribution in [1.82, 2.24) is 14.8 Å². The molecular formula is C14H8BrFN4. The quantitative estimate of drug-likeness (QED) is 0.687.